The zero-order valence-corrected chi connectivity index (χ0v) is 13.5. The van der Waals surface area contributed by atoms with Crippen molar-refractivity contribution in [2.24, 2.45) is 10.9 Å². The van der Waals surface area contributed by atoms with Crippen LogP contribution in [-0.4, -0.2) is 31.5 Å². The van der Waals surface area contributed by atoms with Crippen molar-refractivity contribution in [1.29, 1.82) is 0 Å². The Morgan fingerprint density at radius 2 is 2.05 bits per heavy atom. The molecule has 2 unspecified atom stereocenters. The van der Waals surface area contributed by atoms with E-state index in [9.17, 15) is 4.39 Å². The number of hydrogen-bond donors (Lipinski definition) is 1. The summed E-state index contributed by atoms with van der Waals surface area (Å²) in [4.78, 5) is 4.46. The topological polar surface area (TPSA) is 24.4 Å². The van der Waals surface area contributed by atoms with E-state index in [2.05, 4.69) is 41.5 Å². The van der Waals surface area contributed by atoms with Crippen molar-refractivity contribution in [3.63, 3.8) is 0 Å². The van der Waals surface area contributed by atoms with Gasteiger partial charge in [-0.25, -0.2) is 4.39 Å². The number of aliphatic imine (C=N–C) groups is 1. The fourth-order valence-electron chi connectivity index (χ4n) is 3.73. The monoisotopic (exact) mass is 302 g/mol. The minimum Gasteiger partial charge on any atom is -0.316 e. The average Bonchev–Trinajstić information content (AvgIpc) is 3.13. The zero-order chi connectivity index (χ0) is 15.4. The number of alkyl halides is 1. The molecule has 4 atom stereocenters. The number of hydrogen-bond acceptors (Lipinski definition) is 2. The fourth-order valence-corrected chi connectivity index (χ4v) is 3.73. The fraction of sp³-hybridized carbons (Fsp3) is 0.632. The Hall–Kier alpha value is -1.22. The normalized spacial score (nSPS) is 31.0. The van der Waals surface area contributed by atoms with Gasteiger partial charge in [-0.15, -0.1) is 0 Å². The van der Waals surface area contributed by atoms with E-state index >= 15 is 0 Å². The second-order valence-corrected chi connectivity index (χ2v) is 6.82. The van der Waals surface area contributed by atoms with Gasteiger partial charge in [0.1, 0.15) is 6.17 Å². The van der Waals surface area contributed by atoms with Crippen molar-refractivity contribution >= 4 is 6.21 Å². The first-order chi connectivity index (χ1) is 10.7. The highest BCUT2D eigenvalue weighted by atomic mass is 19.1. The van der Waals surface area contributed by atoms with Crippen molar-refractivity contribution in [2.75, 3.05) is 13.1 Å². The molecular formula is C19H27FN2. The molecule has 1 aromatic rings. The first-order valence-electron chi connectivity index (χ1n) is 8.69. The molecule has 120 valence electrons. The van der Waals surface area contributed by atoms with Gasteiger partial charge in [0, 0.05) is 18.4 Å². The first-order valence-corrected chi connectivity index (χ1v) is 8.69. The van der Waals surface area contributed by atoms with Crippen LogP contribution >= 0.6 is 0 Å². The van der Waals surface area contributed by atoms with Crippen LogP contribution < -0.4 is 5.32 Å². The van der Waals surface area contributed by atoms with Crippen molar-refractivity contribution in [3.05, 3.63) is 35.4 Å². The van der Waals surface area contributed by atoms with E-state index in [-0.39, 0.29) is 5.92 Å². The first kappa shape index (κ1) is 15.7. The number of nitrogens with zero attached hydrogens (tertiary/aromatic N) is 1. The Morgan fingerprint density at radius 3 is 2.68 bits per heavy atom. The predicted octanol–water partition coefficient (Wildman–Crippen LogP) is 3.90. The molecule has 3 heteroatoms. The highest BCUT2D eigenvalue weighted by Crippen LogP contribution is 2.29. The Bertz CT molecular complexity index is 497. The lowest BCUT2D eigenvalue weighted by Gasteiger charge is -2.15. The highest BCUT2D eigenvalue weighted by molar-refractivity contribution is 5.62. The molecule has 1 heterocycles. The molecule has 0 amide bonds. The van der Waals surface area contributed by atoms with E-state index in [4.69, 9.17) is 0 Å². The van der Waals surface area contributed by atoms with Crippen LogP contribution in [0.2, 0.25) is 0 Å². The number of rotatable bonds is 6. The average molecular weight is 302 g/mol. The summed E-state index contributed by atoms with van der Waals surface area (Å²) in [6.07, 6.45) is 6.41. The lowest BCUT2D eigenvalue weighted by atomic mass is 9.91. The van der Waals surface area contributed by atoms with Gasteiger partial charge in [0.05, 0.1) is 6.04 Å². The molecule has 0 saturated heterocycles. The Kier molecular flexibility index (Phi) is 5.24. The maximum atomic E-state index is 13.5. The highest BCUT2D eigenvalue weighted by Gasteiger charge is 2.26. The van der Waals surface area contributed by atoms with Gasteiger partial charge >= 0.3 is 0 Å². The molecule has 1 saturated carbocycles. The minimum absolute atomic E-state index is 0.242. The summed E-state index contributed by atoms with van der Waals surface area (Å²) in [7, 11) is 0. The Morgan fingerprint density at radius 1 is 1.23 bits per heavy atom. The van der Waals surface area contributed by atoms with Gasteiger partial charge in [0.25, 0.3) is 0 Å². The van der Waals surface area contributed by atoms with Crippen LogP contribution in [0.3, 0.4) is 0 Å². The van der Waals surface area contributed by atoms with Crippen LogP contribution in [0, 0.1) is 5.92 Å². The van der Waals surface area contributed by atoms with Gasteiger partial charge in [-0.2, -0.15) is 0 Å². The number of halogens is 1. The standard InChI is InChI=1S/C19H27FN2/c1-14-18(10-12-22-14)16-7-5-15(6-8-16)9-11-21-13-17-3-2-4-19(17)20/h5-8,12,14,17-19,21H,2-4,9-11,13H2,1H3/t14?,17-,18?,19+/m1/s1. The van der Waals surface area contributed by atoms with Crippen molar-refractivity contribution < 1.29 is 4.39 Å². The molecule has 0 bridgehead atoms. The molecule has 0 aromatic heterocycles. The molecule has 1 aliphatic heterocycles. The van der Waals surface area contributed by atoms with Crippen LogP contribution in [0.15, 0.2) is 29.3 Å². The van der Waals surface area contributed by atoms with E-state index < -0.39 is 6.17 Å². The lowest BCUT2D eigenvalue weighted by Crippen LogP contribution is -2.27. The maximum Gasteiger partial charge on any atom is 0.104 e. The summed E-state index contributed by atoms with van der Waals surface area (Å²) in [5.74, 6) is 0.794. The third kappa shape index (κ3) is 3.75. The van der Waals surface area contributed by atoms with Gasteiger partial charge in [0.15, 0.2) is 0 Å². The molecule has 1 N–H and O–H groups in total. The molecule has 1 aliphatic carbocycles. The molecule has 2 aliphatic rings. The zero-order valence-electron chi connectivity index (χ0n) is 13.5. The molecule has 1 fully saturated rings. The van der Waals surface area contributed by atoms with Gasteiger partial charge in [-0.1, -0.05) is 30.7 Å². The SMILES string of the molecule is CC1N=CCC1c1ccc(CCNC[C@H]2CCC[C@@H]2F)cc1. The molecule has 0 spiro atoms. The summed E-state index contributed by atoms with van der Waals surface area (Å²) in [5.41, 5.74) is 2.75. The molecule has 3 rings (SSSR count). The summed E-state index contributed by atoms with van der Waals surface area (Å²) in [5, 5.41) is 3.42. The summed E-state index contributed by atoms with van der Waals surface area (Å²) >= 11 is 0. The van der Waals surface area contributed by atoms with Crippen LogP contribution in [-0.2, 0) is 6.42 Å². The smallest absolute Gasteiger partial charge is 0.104 e. The Labute approximate surface area is 133 Å². The third-order valence-corrected chi connectivity index (χ3v) is 5.25. The minimum atomic E-state index is -0.581. The van der Waals surface area contributed by atoms with Gasteiger partial charge < -0.3 is 5.32 Å². The molecule has 1 aromatic carbocycles. The second kappa shape index (κ2) is 7.36. The second-order valence-electron chi connectivity index (χ2n) is 6.82. The third-order valence-electron chi connectivity index (χ3n) is 5.25. The lowest BCUT2D eigenvalue weighted by molar-refractivity contribution is 0.257. The summed E-state index contributed by atoms with van der Waals surface area (Å²) in [6.45, 7) is 3.95. The van der Waals surface area contributed by atoms with E-state index in [1.165, 1.54) is 11.1 Å². The van der Waals surface area contributed by atoms with Gasteiger partial charge in [-0.3, -0.25) is 4.99 Å². The molecular weight excluding hydrogens is 275 g/mol. The molecule has 0 radical (unpaired) electrons. The molecule has 2 nitrogen and oxygen atoms in total. The van der Waals surface area contributed by atoms with E-state index in [1.54, 1.807) is 0 Å². The maximum absolute atomic E-state index is 13.5. The predicted molar refractivity (Wildman–Crippen MR) is 90.6 cm³/mol. The van der Waals surface area contributed by atoms with Crippen LogP contribution in [0.4, 0.5) is 4.39 Å². The van der Waals surface area contributed by atoms with Gasteiger partial charge in [-0.05, 0) is 56.5 Å². The molecule has 22 heavy (non-hydrogen) atoms. The summed E-state index contributed by atoms with van der Waals surface area (Å²) < 4.78 is 13.5. The Balaban J connectivity index is 1.41. The quantitative estimate of drug-likeness (QED) is 0.792. The van der Waals surface area contributed by atoms with Crippen molar-refractivity contribution in [1.82, 2.24) is 5.32 Å². The number of benzene rings is 1. The number of nitrogens with one attached hydrogen (secondary N) is 1. The van der Waals surface area contributed by atoms with Gasteiger partial charge in [0.2, 0.25) is 0 Å². The van der Waals surface area contributed by atoms with E-state index in [0.29, 0.717) is 12.0 Å². The van der Waals surface area contributed by atoms with Crippen LogP contribution in [0.5, 0.6) is 0 Å². The van der Waals surface area contributed by atoms with E-state index in [1.807, 2.05) is 6.21 Å². The van der Waals surface area contributed by atoms with E-state index in [0.717, 1.165) is 45.2 Å². The van der Waals surface area contributed by atoms with Crippen molar-refractivity contribution in [2.45, 2.75) is 57.2 Å². The van der Waals surface area contributed by atoms with Crippen LogP contribution in [0.1, 0.15) is 49.7 Å². The van der Waals surface area contributed by atoms with Crippen molar-refractivity contribution in [3.8, 4) is 0 Å². The summed E-state index contributed by atoms with van der Waals surface area (Å²) in [6, 6.07) is 9.37. The van der Waals surface area contributed by atoms with Crippen LogP contribution in [0.25, 0.3) is 0 Å². The largest absolute Gasteiger partial charge is 0.316 e.